The third kappa shape index (κ3) is 3.92. The molecule has 0 aliphatic carbocycles. The average molecular weight is 334 g/mol. The van der Waals surface area contributed by atoms with Gasteiger partial charge in [0.25, 0.3) is 0 Å². The van der Waals surface area contributed by atoms with Gasteiger partial charge in [-0.05, 0) is 36.4 Å². The van der Waals surface area contributed by atoms with Crippen LogP contribution in [0, 0.1) is 3.57 Å². The Morgan fingerprint density at radius 2 is 2.06 bits per heavy atom. The zero-order valence-electron chi connectivity index (χ0n) is 9.40. The molecule has 0 unspecified atom stereocenters. The van der Waals surface area contributed by atoms with Gasteiger partial charge in [0.15, 0.2) is 0 Å². The third-order valence-corrected chi connectivity index (χ3v) is 2.54. The molecule has 0 aliphatic rings. The Morgan fingerprint density at radius 1 is 1.44 bits per heavy atom. The van der Waals surface area contributed by atoms with Crippen LogP contribution in [0.4, 0.5) is 5.95 Å². The summed E-state index contributed by atoms with van der Waals surface area (Å²) in [7, 11) is 0. The number of amides is 1. The fraction of sp³-hybridized carbons (Fsp3) is 0.500. The molecular formula is C10H15IN4O. The minimum absolute atomic E-state index is 0.00787. The molecule has 16 heavy (non-hydrogen) atoms. The molecule has 0 fully saturated rings. The number of aromatic nitrogens is 2. The van der Waals surface area contributed by atoms with E-state index >= 15 is 0 Å². The summed E-state index contributed by atoms with van der Waals surface area (Å²) in [5.41, 5.74) is 0. The number of rotatable bonds is 5. The summed E-state index contributed by atoms with van der Waals surface area (Å²) in [6.45, 7) is 5.52. The molecule has 0 aromatic carbocycles. The van der Waals surface area contributed by atoms with Gasteiger partial charge in [0.1, 0.15) is 0 Å². The maximum atomic E-state index is 11.4. The van der Waals surface area contributed by atoms with Crippen molar-refractivity contribution in [2.75, 3.05) is 24.5 Å². The average Bonchev–Trinajstić information content (AvgIpc) is 2.27. The lowest BCUT2D eigenvalue weighted by molar-refractivity contribution is -0.119. The molecular weight excluding hydrogens is 319 g/mol. The van der Waals surface area contributed by atoms with Crippen molar-refractivity contribution in [1.82, 2.24) is 15.3 Å². The first-order valence-corrected chi connectivity index (χ1v) is 6.24. The van der Waals surface area contributed by atoms with Crippen molar-refractivity contribution in [3.05, 3.63) is 16.0 Å². The van der Waals surface area contributed by atoms with Gasteiger partial charge in [-0.25, -0.2) is 9.97 Å². The van der Waals surface area contributed by atoms with Gasteiger partial charge in [0.2, 0.25) is 11.9 Å². The van der Waals surface area contributed by atoms with Crippen LogP contribution < -0.4 is 10.2 Å². The maximum Gasteiger partial charge on any atom is 0.239 e. The number of likely N-dealkylation sites (N-methyl/N-ethyl adjacent to an activating group) is 2. The van der Waals surface area contributed by atoms with Gasteiger partial charge >= 0.3 is 0 Å². The molecule has 1 N–H and O–H groups in total. The first-order chi connectivity index (χ1) is 7.67. The van der Waals surface area contributed by atoms with Crippen molar-refractivity contribution < 1.29 is 4.79 Å². The van der Waals surface area contributed by atoms with E-state index in [1.165, 1.54) is 0 Å². The number of hydrogen-bond donors (Lipinski definition) is 1. The lowest BCUT2D eigenvalue weighted by Crippen LogP contribution is -2.37. The van der Waals surface area contributed by atoms with Crippen LogP contribution in [-0.4, -0.2) is 35.5 Å². The van der Waals surface area contributed by atoms with E-state index in [0.717, 1.165) is 3.57 Å². The van der Waals surface area contributed by atoms with Crippen LogP contribution in [0.1, 0.15) is 13.8 Å². The Bertz CT molecular complexity index is 341. The number of carbonyl (C=O) groups excluding carboxylic acids is 1. The van der Waals surface area contributed by atoms with Crippen LogP contribution in [0.2, 0.25) is 0 Å². The summed E-state index contributed by atoms with van der Waals surface area (Å²) < 4.78 is 0.982. The summed E-state index contributed by atoms with van der Waals surface area (Å²) in [6, 6.07) is 0. The van der Waals surface area contributed by atoms with Crippen molar-refractivity contribution in [3.63, 3.8) is 0 Å². The van der Waals surface area contributed by atoms with Gasteiger partial charge in [-0.3, -0.25) is 4.79 Å². The van der Waals surface area contributed by atoms with Crippen LogP contribution in [0.25, 0.3) is 0 Å². The molecule has 1 aromatic rings. The number of halogens is 1. The molecule has 5 nitrogen and oxygen atoms in total. The van der Waals surface area contributed by atoms with Crippen LogP contribution in [0.3, 0.4) is 0 Å². The van der Waals surface area contributed by atoms with Crippen molar-refractivity contribution in [1.29, 1.82) is 0 Å². The number of anilines is 1. The second kappa shape index (κ2) is 6.62. The number of nitrogens with one attached hydrogen (secondary N) is 1. The Labute approximate surface area is 109 Å². The highest BCUT2D eigenvalue weighted by atomic mass is 127. The molecule has 1 aromatic heterocycles. The molecule has 0 spiro atoms. The fourth-order valence-corrected chi connectivity index (χ4v) is 1.50. The van der Waals surface area contributed by atoms with Gasteiger partial charge in [0.05, 0.1) is 6.54 Å². The lowest BCUT2D eigenvalue weighted by Gasteiger charge is -2.19. The zero-order chi connectivity index (χ0) is 12.0. The van der Waals surface area contributed by atoms with E-state index in [-0.39, 0.29) is 5.91 Å². The highest BCUT2D eigenvalue weighted by molar-refractivity contribution is 14.1. The van der Waals surface area contributed by atoms with Crippen LogP contribution in [0.5, 0.6) is 0 Å². The third-order valence-electron chi connectivity index (χ3n) is 1.98. The van der Waals surface area contributed by atoms with E-state index in [1.54, 1.807) is 12.4 Å². The summed E-state index contributed by atoms with van der Waals surface area (Å²) >= 11 is 2.15. The number of hydrogen-bond acceptors (Lipinski definition) is 4. The molecule has 0 saturated heterocycles. The minimum Gasteiger partial charge on any atom is -0.355 e. The summed E-state index contributed by atoms with van der Waals surface area (Å²) in [5.74, 6) is 0.584. The first-order valence-electron chi connectivity index (χ1n) is 5.16. The van der Waals surface area contributed by atoms with Gasteiger partial charge in [-0.1, -0.05) is 0 Å². The molecule has 0 aliphatic heterocycles. The zero-order valence-corrected chi connectivity index (χ0v) is 11.6. The maximum absolute atomic E-state index is 11.4. The molecule has 1 rings (SSSR count). The molecule has 88 valence electrons. The molecule has 0 saturated carbocycles. The van der Waals surface area contributed by atoms with Crippen molar-refractivity contribution in [2.45, 2.75) is 13.8 Å². The quantitative estimate of drug-likeness (QED) is 0.818. The standard InChI is InChI=1S/C10H15IN4O/c1-3-12-9(16)7-15(4-2)10-13-5-8(11)6-14-10/h5-6H,3-4,7H2,1-2H3,(H,12,16). The number of nitrogens with zero attached hydrogens (tertiary/aromatic N) is 3. The van der Waals surface area contributed by atoms with E-state index in [9.17, 15) is 4.79 Å². The van der Waals surface area contributed by atoms with Crippen molar-refractivity contribution in [3.8, 4) is 0 Å². The Kier molecular flexibility index (Phi) is 5.44. The smallest absolute Gasteiger partial charge is 0.239 e. The molecule has 1 amide bonds. The first kappa shape index (κ1) is 13.1. The molecule has 1 heterocycles. The topological polar surface area (TPSA) is 58.1 Å². The largest absolute Gasteiger partial charge is 0.355 e. The second-order valence-corrected chi connectivity index (χ2v) is 4.41. The van der Waals surface area contributed by atoms with Gasteiger partial charge < -0.3 is 10.2 Å². The van der Waals surface area contributed by atoms with Crippen molar-refractivity contribution >= 4 is 34.4 Å². The minimum atomic E-state index is -0.00787. The SMILES string of the molecule is CCNC(=O)CN(CC)c1ncc(I)cn1. The van der Waals surface area contributed by atoms with E-state index in [4.69, 9.17) is 0 Å². The Hall–Kier alpha value is -0.920. The Balaban J connectivity index is 2.67. The van der Waals surface area contributed by atoms with E-state index in [0.29, 0.717) is 25.6 Å². The molecule has 0 bridgehead atoms. The highest BCUT2D eigenvalue weighted by Gasteiger charge is 2.11. The van der Waals surface area contributed by atoms with E-state index in [1.807, 2.05) is 18.7 Å². The summed E-state index contributed by atoms with van der Waals surface area (Å²) in [6.07, 6.45) is 3.48. The lowest BCUT2D eigenvalue weighted by atomic mass is 10.4. The predicted molar refractivity (Wildman–Crippen MR) is 71.3 cm³/mol. The Morgan fingerprint density at radius 3 is 2.56 bits per heavy atom. The van der Waals surface area contributed by atoms with E-state index < -0.39 is 0 Å². The molecule has 6 heteroatoms. The molecule has 0 atom stereocenters. The van der Waals surface area contributed by atoms with E-state index in [2.05, 4.69) is 37.9 Å². The second-order valence-electron chi connectivity index (χ2n) is 3.17. The predicted octanol–water partition coefficient (Wildman–Crippen LogP) is 1.04. The summed E-state index contributed by atoms with van der Waals surface area (Å²) in [5, 5.41) is 2.75. The van der Waals surface area contributed by atoms with Gasteiger partial charge in [-0.2, -0.15) is 0 Å². The van der Waals surface area contributed by atoms with Crippen LogP contribution >= 0.6 is 22.6 Å². The summed E-state index contributed by atoms with van der Waals surface area (Å²) in [4.78, 5) is 21.7. The van der Waals surface area contributed by atoms with Crippen LogP contribution in [0.15, 0.2) is 12.4 Å². The normalized spacial score (nSPS) is 9.94. The number of carbonyl (C=O) groups is 1. The van der Waals surface area contributed by atoms with Gasteiger partial charge in [-0.15, -0.1) is 0 Å². The highest BCUT2D eigenvalue weighted by Crippen LogP contribution is 2.07. The van der Waals surface area contributed by atoms with Crippen LogP contribution in [-0.2, 0) is 4.79 Å². The molecule has 0 radical (unpaired) electrons. The van der Waals surface area contributed by atoms with Crippen molar-refractivity contribution in [2.24, 2.45) is 0 Å². The monoisotopic (exact) mass is 334 g/mol. The fourth-order valence-electron chi connectivity index (χ4n) is 1.22. The van der Waals surface area contributed by atoms with Gasteiger partial charge in [0, 0.05) is 29.1 Å².